The second-order valence-electron chi connectivity index (χ2n) is 3.14. The van der Waals surface area contributed by atoms with Crippen LogP contribution in [-0.2, 0) is 0 Å². The molecule has 0 saturated carbocycles. The fourth-order valence-electron chi connectivity index (χ4n) is 1.28. The van der Waals surface area contributed by atoms with Crippen molar-refractivity contribution in [2.45, 2.75) is 0 Å². The largest absolute Gasteiger partial charge is 0.508 e. The van der Waals surface area contributed by atoms with Crippen LogP contribution in [0.25, 0.3) is 11.3 Å². The molecule has 0 radical (unpaired) electrons. The summed E-state index contributed by atoms with van der Waals surface area (Å²) in [7, 11) is 0. The molecule has 0 aliphatic heterocycles. The molecule has 0 unspecified atom stereocenters. The Labute approximate surface area is 87.0 Å². The number of nitrogens with zero attached hydrogens (tertiary/aromatic N) is 1. The molecule has 0 saturated heterocycles. The van der Waals surface area contributed by atoms with Crippen LogP contribution in [0.2, 0.25) is 0 Å². The molecular weight excluding hydrogens is 190 g/mol. The maximum atomic E-state index is 10.4. The van der Waals surface area contributed by atoms with E-state index in [4.69, 9.17) is 5.11 Å². The summed E-state index contributed by atoms with van der Waals surface area (Å²) >= 11 is 0. The van der Waals surface area contributed by atoms with Crippen LogP contribution in [0.3, 0.4) is 0 Å². The highest BCUT2D eigenvalue weighted by atomic mass is 16.3. The summed E-state index contributed by atoms with van der Waals surface area (Å²) in [4.78, 5) is 14.6. The van der Waals surface area contributed by atoms with Gasteiger partial charge in [-0.3, -0.25) is 9.78 Å². The number of carbonyl (C=O) groups is 1. The monoisotopic (exact) mass is 199 g/mol. The SMILES string of the molecule is O=Cc1ccc(-c2ccc(O)cc2)nc1. The van der Waals surface area contributed by atoms with E-state index in [1.165, 1.54) is 6.20 Å². The highest BCUT2D eigenvalue weighted by Crippen LogP contribution is 2.19. The van der Waals surface area contributed by atoms with Gasteiger partial charge in [0.25, 0.3) is 0 Å². The molecule has 0 amide bonds. The first-order valence-electron chi connectivity index (χ1n) is 4.50. The number of phenols is 1. The van der Waals surface area contributed by atoms with E-state index in [9.17, 15) is 4.79 Å². The van der Waals surface area contributed by atoms with Crippen LogP contribution >= 0.6 is 0 Å². The molecule has 1 aromatic heterocycles. The van der Waals surface area contributed by atoms with E-state index in [0.717, 1.165) is 17.5 Å². The number of carbonyl (C=O) groups excluding carboxylic acids is 1. The van der Waals surface area contributed by atoms with Gasteiger partial charge in [0.15, 0.2) is 6.29 Å². The average Bonchev–Trinajstić information content (AvgIpc) is 2.30. The molecule has 1 N–H and O–H groups in total. The van der Waals surface area contributed by atoms with Gasteiger partial charge in [-0.05, 0) is 36.4 Å². The normalized spacial score (nSPS) is 9.87. The number of aldehydes is 1. The van der Waals surface area contributed by atoms with Crippen molar-refractivity contribution in [2.75, 3.05) is 0 Å². The van der Waals surface area contributed by atoms with Gasteiger partial charge < -0.3 is 5.11 Å². The number of aromatic hydroxyl groups is 1. The summed E-state index contributed by atoms with van der Waals surface area (Å²) in [6, 6.07) is 10.2. The summed E-state index contributed by atoms with van der Waals surface area (Å²) in [5, 5.41) is 9.12. The quantitative estimate of drug-likeness (QED) is 0.755. The third kappa shape index (κ3) is 2.02. The average molecular weight is 199 g/mol. The molecule has 2 aromatic rings. The fourth-order valence-corrected chi connectivity index (χ4v) is 1.28. The van der Waals surface area contributed by atoms with E-state index < -0.39 is 0 Å². The Bertz CT molecular complexity index is 460. The predicted octanol–water partition coefficient (Wildman–Crippen LogP) is 2.27. The second kappa shape index (κ2) is 3.92. The Morgan fingerprint density at radius 1 is 1.07 bits per heavy atom. The zero-order valence-electron chi connectivity index (χ0n) is 7.92. The molecular formula is C12H9NO2. The van der Waals surface area contributed by atoms with Crippen molar-refractivity contribution in [1.29, 1.82) is 0 Å². The van der Waals surface area contributed by atoms with Crippen LogP contribution in [0.4, 0.5) is 0 Å². The molecule has 0 atom stereocenters. The molecule has 74 valence electrons. The van der Waals surface area contributed by atoms with Crippen LogP contribution in [0.5, 0.6) is 5.75 Å². The predicted molar refractivity (Wildman–Crippen MR) is 56.7 cm³/mol. The summed E-state index contributed by atoms with van der Waals surface area (Å²) in [5.74, 6) is 0.225. The minimum absolute atomic E-state index is 0.225. The lowest BCUT2D eigenvalue weighted by atomic mass is 10.1. The van der Waals surface area contributed by atoms with E-state index in [1.807, 2.05) is 0 Å². The van der Waals surface area contributed by atoms with Gasteiger partial charge in [0.1, 0.15) is 5.75 Å². The first-order chi connectivity index (χ1) is 7.29. The number of aromatic nitrogens is 1. The molecule has 0 spiro atoms. The molecule has 1 heterocycles. The molecule has 0 aliphatic carbocycles. The molecule has 0 fully saturated rings. The molecule has 3 nitrogen and oxygen atoms in total. The Hall–Kier alpha value is -2.16. The van der Waals surface area contributed by atoms with Crippen LogP contribution < -0.4 is 0 Å². The molecule has 0 aliphatic rings. The highest BCUT2D eigenvalue weighted by molar-refractivity contribution is 5.75. The van der Waals surface area contributed by atoms with E-state index in [2.05, 4.69) is 4.98 Å². The number of phenolic OH excluding ortho intramolecular Hbond substituents is 1. The third-order valence-electron chi connectivity index (χ3n) is 2.09. The van der Waals surface area contributed by atoms with E-state index >= 15 is 0 Å². The Morgan fingerprint density at radius 2 is 1.80 bits per heavy atom. The van der Waals surface area contributed by atoms with Gasteiger partial charge >= 0.3 is 0 Å². The second-order valence-corrected chi connectivity index (χ2v) is 3.14. The standard InChI is InChI=1S/C12H9NO2/c14-8-9-1-6-12(13-7-9)10-2-4-11(15)5-3-10/h1-8,15H. The molecule has 2 rings (SSSR count). The van der Waals surface area contributed by atoms with Crippen LogP contribution in [0.15, 0.2) is 42.6 Å². The van der Waals surface area contributed by atoms with Crippen LogP contribution in [0.1, 0.15) is 10.4 Å². The number of hydrogen-bond acceptors (Lipinski definition) is 3. The summed E-state index contributed by atoms with van der Waals surface area (Å²) in [5.41, 5.74) is 2.24. The number of hydrogen-bond donors (Lipinski definition) is 1. The first-order valence-corrected chi connectivity index (χ1v) is 4.50. The van der Waals surface area contributed by atoms with E-state index in [1.54, 1.807) is 36.4 Å². The van der Waals surface area contributed by atoms with Gasteiger partial charge in [-0.25, -0.2) is 0 Å². The number of pyridine rings is 1. The lowest BCUT2D eigenvalue weighted by molar-refractivity contribution is 0.112. The highest BCUT2D eigenvalue weighted by Gasteiger charge is 1.99. The summed E-state index contributed by atoms with van der Waals surface area (Å²) in [6.07, 6.45) is 2.28. The maximum absolute atomic E-state index is 10.4. The smallest absolute Gasteiger partial charge is 0.151 e. The van der Waals surface area contributed by atoms with Gasteiger partial charge in [0.2, 0.25) is 0 Å². The van der Waals surface area contributed by atoms with Gasteiger partial charge in [-0.15, -0.1) is 0 Å². The van der Waals surface area contributed by atoms with E-state index in [-0.39, 0.29) is 5.75 Å². The van der Waals surface area contributed by atoms with Crippen molar-refractivity contribution >= 4 is 6.29 Å². The Balaban J connectivity index is 2.37. The number of rotatable bonds is 2. The van der Waals surface area contributed by atoms with Crippen LogP contribution in [-0.4, -0.2) is 16.4 Å². The van der Waals surface area contributed by atoms with Crippen molar-refractivity contribution in [3.8, 4) is 17.0 Å². The maximum Gasteiger partial charge on any atom is 0.151 e. The third-order valence-corrected chi connectivity index (χ3v) is 2.09. The lowest BCUT2D eigenvalue weighted by Crippen LogP contribution is -1.85. The zero-order chi connectivity index (χ0) is 10.7. The van der Waals surface area contributed by atoms with Gasteiger partial charge in [-0.1, -0.05) is 0 Å². The molecule has 0 bridgehead atoms. The van der Waals surface area contributed by atoms with Crippen molar-refractivity contribution < 1.29 is 9.90 Å². The molecule has 1 aromatic carbocycles. The number of benzene rings is 1. The lowest BCUT2D eigenvalue weighted by Gasteiger charge is -2.00. The van der Waals surface area contributed by atoms with Crippen molar-refractivity contribution in [1.82, 2.24) is 4.98 Å². The zero-order valence-corrected chi connectivity index (χ0v) is 7.92. The Kier molecular flexibility index (Phi) is 2.46. The van der Waals surface area contributed by atoms with Crippen molar-refractivity contribution in [3.63, 3.8) is 0 Å². The van der Waals surface area contributed by atoms with Gasteiger partial charge in [0, 0.05) is 17.3 Å². The van der Waals surface area contributed by atoms with Gasteiger partial charge in [-0.2, -0.15) is 0 Å². The Morgan fingerprint density at radius 3 is 2.33 bits per heavy atom. The van der Waals surface area contributed by atoms with Crippen molar-refractivity contribution in [3.05, 3.63) is 48.2 Å². The van der Waals surface area contributed by atoms with E-state index in [0.29, 0.717) is 5.56 Å². The van der Waals surface area contributed by atoms with Gasteiger partial charge in [0.05, 0.1) is 5.69 Å². The minimum atomic E-state index is 0.225. The first kappa shape index (κ1) is 9.40. The minimum Gasteiger partial charge on any atom is -0.508 e. The summed E-state index contributed by atoms with van der Waals surface area (Å²) in [6.45, 7) is 0. The van der Waals surface area contributed by atoms with Crippen molar-refractivity contribution in [2.24, 2.45) is 0 Å². The molecule has 3 heteroatoms. The van der Waals surface area contributed by atoms with Crippen LogP contribution in [0, 0.1) is 0 Å². The fraction of sp³-hybridized carbons (Fsp3) is 0. The summed E-state index contributed by atoms with van der Waals surface area (Å²) < 4.78 is 0. The molecule has 15 heavy (non-hydrogen) atoms. The topological polar surface area (TPSA) is 50.2 Å².